The van der Waals surface area contributed by atoms with Gasteiger partial charge in [-0.25, -0.2) is 4.98 Å². The van der Waals surface area contributed by atoms with E-state index in [2.05, 4.69) is 15.3 Å². The zero-order chi connectivity index (χ0) is 17.1. The molecule has 2 amide bonds. The van der Waals surface area contributed by atoms with Crippen LogP contribution in [0.3, 0.4) is 0 Å². The maximum Gasteiger partial charge on any atom is 0.242 e. The maximum absolute atomic E-state index is 12.1. The van der Waals surface area contributed by atoms with E-state index in [-0.39, 0.29) is 18.4 Å². The number of benzene rings is 1. The summed E-state index contributed by atoms with van der Waals surface area (Å²) >= 11 is 0. The van der Waals surface area contributed by atoms with Crippen LogP contribution in [0.4, 0.5) is 0 Å². The molecule has 7 nitrogen and oxygen atoms in total. The number of hydrogen-bond acceptors (Lipinski definition) is 4. The monoisotopic (exact) mass is 328 g/mol. The number of carbonyl (C=O) groups excluding carboxylic acids is 2. The SMILES string of the molecule is COc1cccc(-c2nc3c([nH]2)CN(C(=O)CNC(C)=O)CC3)c1. The predicted octanol–water partition coefficient (Wildman–Crippen LogP) is 1.11. The molecular weight excluding hydrogens is 308 g/mol. The van der Waals surface area contributed by atoms with E-state index >= 15 is 0 Å². The highest BCUT2D eigenvalue weighted by molar-refractivity contribution is 5.83. The third-order valence-electron chi connectivity index (χ3n) is 4.02. The molecule has 2 N–H and O–H groups in total. The van der Waals surface area contributed by atoms with Crippen molar-refractivity contribution in [1.82, 2.24) is 20.2 Å². The third kappa shape index (κ3) is 3.40. The van der Waals surface area contributed by atoms with Gasteiger partial charge < -0.3 is 19.9 Å². The number of ether oxygens (including phenoxy) is 1. The molecule has 24 heavy (non-hydrogen) atoms. The Morgan fingerprint density at radius 1 is 1.42 bits per heavy atom. The third-order valence-corrected chi connectivity index (χ3v) is 4.02. The molecule has 126 valence electrons. The number of H-pyrrole nitrogens is 1. The summed E-state index contributed by atoms with van der Waals surface area (Å²) < 4.78 is 5.24. The van der Waals surface area contributed by atoms with Crippen LogP contribution >= 0.6 is 0 Å². The van der Waals surface area contributed by atoms with Crippen molar-refractivity contribution < 1.29 is 14.3 Å². The molecule has 7 heteroatoms. The second kappa shape index (κ2) is 6.74. The standard InChI is InChI=1S/C17H20N4O3/c1-11(22)18-9-16(23)21-7-6-14-15(10-21)20-17(19-14)12-4-3-5-13(8-12)24-2/h3-5,8H,6-7,9-10H2,1-2H3,(H,18,22)(H,19,20). The van der Waals surface area contributed by atoms with E-state index in [1.165, 1.54) is 6.92 Å². The number of imidazole rings is 1. The molecule has 0 aliphatic carbocycles. The minimum absolute atomic E-state index is 0.0293. The fourth-order valence-corrected chi connectivity index (χ4v) is 2.73. The van der Waals surface area contributed by atoms with Gasteiger partial charge in [-0.3, -0.25) is 9.59 Å². The summed E-state index contributed by atoms with van der Waals surface area (Å²) in [5.74, 6) is 1.25. The van der Waals surface area contributed by atoms with Crippen LogP contribution in [0.1, 0.15) is 18.3 Å². The molecule has 0 fully saturated rings. The van der Waals surface area contributed by atoms with E-state index in [0.717, 1.165) is 28.5 Å². The van der Waals surface area contributed by atoms with E-state index in [9.17, 15) is 9.59 Å². The first-order chi connectivity index (χ1) is 11.6. The van der Waals surface area contributed by atoms with Crippen LogP contribution < -0.4 is 10.1 Å². The van der Waals surface area contributed by atoms with Crippen molar-refractivity contribution in [1.29, 1.82) is 0 Å². The van der Waals surface area contributed by atoms with Gasteiger partial charge in [-0.05, 0) is 12.1 Å². The van der Waals surface area contributed by atoms with Gasteiger partial charge in [0.15, 0.2) is 0 Å². The largest absolute Gasteiger partial charge is 0.497 e. The molecule has 1 aromatic heterocycles. The average molecular weight is 328 g/mol. The van der Waals surface area contributed by atoms with E-state index in [1.54, 1.807) is 12.0 Å². The number of rotatable bonds is 4. The Hall–Kier alpha value is -2.83. The van der Waals surface area contributed by atoms with Crippen molar-refractivity contribution in [2.75, 3.05) is 20.2 Å². The molecule has 2 heterocycles. The van der Waals surface area contributed by atoms with E-state index in [4.69, 9.17) is 4.74 Å². The summed E-state index contributed by atoms with van der Waals surface area (Å²) in [4.78, 5) is 32.7. The van der Waals surface area contributed by atoms with Gasteiger partial charge in [0.25, 0.3) is 0 Å². The quantitative estimate of drug-likeness (QED) is 0.880. The van der Waals surface area contributed by atoms with Crippen LogP contribution in [-0.4, -0.2) is 46.9 Å². The smallest absolute Gasteiger partial charge is 0.242 e. The number of hydrogen-bond donors (Lipinski definition) is 2. The minimum atomic E-state index is -0.206. The van der Waals surface area contributed by atoms with Crippen LogP contribution in [-0.2, 0) is 22.6 Å². The lowest BCUT2D eigenvalue weighted by atomic mass is 10.1. The molecule has 0 spiro atoms. The lowest BCUT2D eigenvalue weighted by Crippen LogP contribution is -2.42. The van der Waals surface area contributed by atoms with Gasteiger partial charge in [0.2, 0.25) is 11.8 Å². The molecule has 0 bridgehead atoms. The fraction of sp³-hybridized carbons (Fsp3) is 0.353. The van der Waals surface area contributed by atoms with Crippen molar-refractivity contribution in [3.8, 4) is 17.1 Å². The van der Waals surface area contributed by atoms with Gasteiger partial charge in [-0.15, -0.1) is 0 Å². The first kappa shape index (κ1) is 16.0. The topological polar surface area (TPSA) is 87.3 Å². The molecule has 0 saturated carbocycles. The van der Waals surface area contributed by atoms with Crippen molar-refractivity contribution in [3.63, 3.8) is 0 Å². The summed E-state index contributed by atoms with van der Waals surface area (Å²) in [6.45, 7) is 2.51. The first-order valence-corrected chi connectivity index (χ1v) is 7.81. The number of methoxy groups -OCH3 is 1. The highest BCUT2D eigenvalue weighted by Gasteiger charge is 2.24. The second-order valence-corrected chi connectivity index (χ2v) is 5.72. The molecule has 0 radical (unpaired) electrons. The van der Waals surface area contributed by atoms with Gasteiger partial charge in [-0.2, -0.15) is 0 Å². The number of nitrogens with one attached hydrogen (secondary N) is 2. The summed E-state index contributed by atoms with van der Waals surface area (Å²) in [6.07, 6.45) is 0.696. The summed E-state index contributed by atoms with van der Waals surface area (Å²) in [5, 5.41) is 2.54. The molecule has 0 atom stereocenters. The number of amides is 2. The van der Waals surface area contributed by atoms with E-state index < -0.39 is 0 Å². The second-order valence-electron chi connectivity index (χ2n) is 5.72. The average Bonchev–Trinajstić information content (AvgIpc) is 3.02. The van der Waals surface area contributed by atoms with Gasteiger partial charge in [0.1, 0.15) is 11.6 Å². The highest BCUT2D eigenvalue weighted by Crippen LogP contribution is 2.25. The minimum Gasteiger partial charge on any atom is -0.497 e. The Labute approximate surface area is 140 Å². The normalized spacial score (nSPS) is 13.3. The Kier molecular flexibility index (Phi) is 4.50. The summed E-state index contributed by atoms with van der Waals surface area (Å²) in [6, 6.07) is 7.68. The zero-order valence-electron chi connectivity index (χ0n) is 13.8. The molecule has 3 rings (SSSR count). The highest BCUT2D eigenvalue weighted by atomic mass is 16.5. The van der Waals surface area contributed by atoms with Crippen molar-refractivity contribution in [2.24, 2.45) is 0 Å². The molecule has 2 aromatic rings. The summed E-state index contributed by atoms with van der Waals surface area (Å²) in [7, 11) is 1.63. The Morgan fingerprint density at radius 3 is 3.00 bits per heavy atom. The van der Waals surface area contributed by atoms with Crippen LogP contribution in [0.5, 0.6) is 5.75 Å². The summed E-state index contributed by atoms with van der Waals surface area (Å²) in [5.41, 5.74) is 2.87. The van der Waals surface area contributed by atoms with Crippen LogP contribution in [0.2, 0.25) is 0 Å². The maximum atomic E-state index is 12.1. The van der Waals surface area contributed by atoms with Gasteiger partial charge in [0.05, 0.1) is 31.6 Å². The lowest BCUT2D eigenvalue weighted by molar-refractivity contribution is -0.133. The van der Waals surface area contributed by atoms with Gasteiger partial charge in [0, 0.05) is 25.5 Å². The Balaban J connectivity index is 1.75. The number of nitrogens with zero attached hydrogens (tertiary/aromatic N) is 2. The van der Waals surface area contributed by atoms with Crippen molar-refractivity contribution >= 4 is 11.8 Å². The van der Waals surface area contributed by atoms with E-state index in [0.29, 0.717) is 19.5 Å². The lowest BCUT2D eigenvalue weighted by Gasteiger charge is -2.26. The number of fused-ring (bicyclic) bond motifs is 1. The number of aromatic amines is 1. The van der Waals surface area contributed by atoms with Crippen LogP contribution in [0, 0.1) is 0 Å². The van der Waals surface area contributed by atoms with E-state index in [1.807, 2.05) is 24.3 Å². The Morgan fingerprint density at radius 2 is 2.25 bits per heavy atom. The first-order valence-electron chi connectivity index (χ1n) is 7.81. The zero-order valence-corrected chi connectivity index (χ0v) is 13.8. The number of aromatic nitrogens is 2. The van der Waals surface area contributed by atoms with Crippen molar-refractivity contribution in [3.05, 3.63) is 35.7 Å². The molecule has 1 aliphatic rings. The van der Waals surface area contributed by atoms with Crippen molar-refractivity contribution in [2.45, 2.75) is 19.9 Å². The van der Waals surface area contributed by atoms with Crippen LogP contribution in [0.15, 0.2) is 24.3 Å². The Bertz CT molecular complexity index is 769. The van der Waals surface area contributed by atoms with Crippen LogP contribution in [0.25, 0.3) is 11.4 Å². The molecule has 0 saturated heterocycles. The van der Waals surface area contributed by atoms with Gasteiger partial charge in [-0.1, -0.05) is 12.1 Å². The molecular formula is C17H20N4O3. The molecule has 1 aliphatic heterocycles. The fourth-order valence-electron chi connectivity index (χ4n) is 2.73. The number of carbonyl (C=O) groups is 2. The molecule has 0 unspecified atom stereocenters. The molecule has 1 aromatic carbocycles. The predicted molar refractivity (Wildman–Crippen MR) is 88.4 cm³/mol. The van der Waals surface area contributed by atoms with Gasteiger partial charge >= 0.3 is 0 Å².